The molecule has 0 fully saturated rings. The van der Waals surface area contributed by atoms with Crippen LogP contribution in [0.2, 0.25) is 5.02 Å². The maximum Gasteiger partial charge on any atom is 0.163 e. The van der Waals surface area contributed by atoms with Crippen LogP contribution in [-0.4, -0.2) is 24.0 Å². The third-order valence-electron chi connectivity index (χ3n) is 2.62. The van der Waals surface area contributed by atoms with Crippen LogP contribution in [0.15, 0.2) is 18.3 Å². The second-order valence-corrected chi connectivity index (χ2v) is 4.18. The summed E-state index contributed by atoms with van der Waals surface area (Å²) >= 11 is 5.98. The molecular weight excluding hydrogens is 254 g/mol. The Morgan fingerprint density at radius 1 is 1.22 bits per heavy atom. The first-order valence-corrected chi connectivity index (χ1v) is 5.68. The molecule has 18 heavy (non-hydrogen) atoms. The van der Waals surface area contributed by atoms with Crippen LogP contribution in [0.3, 0.4) is 0 Å². The molecule has 5 nitrogen and oxygen atoms in total. The number of anilines is 1. The van der Waals surface area contributed by atoms with E-state index in [1.807, 2.05) is 6.92 Å². The zero-order valence-electron chi connectivity index (χ0n) is 10.4. The Balaban J connectivity index is 2.57. The highest BCUT2D eigenvalue weighted by atomic mass is 35.5. The average molecular weight is 268 g/mol. The van der Waals surface area contributed by atoms with E-state index in [1.165, 1.54) is 0 Å². The van der Waals surface area contributed by atoms with E-state index in [2.05, 4.69) is 5.10 Å². The lowest BCUT2D eigenvalue weighted by molar-refractivity contribution is 0.355. The van der Waals surface area contributed by atoms with Gasteiger partial charge in [0.2, 0.25) is 0 Å². The van der Waals surface area contributed by atoms with Crippen molar-refractivity contribution in [3.05, 3.63) is 29.0 Å². The van der Waals surface area contributed by atoms with E-state index >= 15 is 0 Å². The molecule has 1 aromatic heterocycles. The van der Waals surface area contributed by atoms with Crippen LogP contribution in [0.1, 0.15) is 5.69 Å². The standard InChI is InChI=1S/C12H14ClN3O2/c1-7-8(13)6-16(15-7)10-5-12(18-3)11(17-2)4-9(10)14/h4-6H,14H2,1-3H3. The average Bonchev–Trinajstić information content (AvgIpc) is 2.69. The molecule has 96 valence electrons. The van der Waals surface area contributed by atoms with Crippen molar-refractivity contribution in [3.8, 4) is 17.2 Å². The van der Waals surface area contributed by atoms with Crippen molar-refractivity contribution in [2.75, 3.05) is 20.0 Å². The summed E-state index contributed by atoms with van der Waals surface area (Å²) in [5.74, 6) is 1.17. The highest BCUT2D eigenvalue weighted by Gasteiger charge is 2.12. The van der Waals surface area contributed by atoms with Gasteiger partial charge in [-0.1, -0.05) is 11.6 Å². The van der Waals surface area contributed by atoms with Gasteiger partial charge in [-0.15, -0.1) is 0 Å². The van der Waals surface area contributed by atoms with Gasteiger partial charge in [0, 0.05) is 18.3 Å². The van der Waals surface area contributed by atoms with Crippen LogP contribution in [-0.2, 0) is 0 Å². The van der Waals surface area contributed by atoms with Crippen molar-refractivity contribution in [1.82, 2.24) is 9.78 Å². The third kappa shape index (κ3) is 2.09. The van der Waals surface area contributed by atoms with Gasteiger partial charge < -0.3 is 15.2 Å². The first kappa shape index (κ1) is 12.6. The highest BCUT2D eigenvalue weighted by Crippen LogP contribution is 2.34. The van der Waals surface area contributed by atoms with E-state index in [-0.39, 0.29) is 0 Å². The lowest BCUT2D eigenvalue weighted by Crippen LogP contribution is -2.02. The number of aromatic nitrogens is 2. The summed E-state index contributed by atoms with van der Waals surface area (Å²) in [5.41, 5.74) is 7.94. The number of hydrogen-bond donors (Lipinski definition) is 1. The summed E-state index contributed by atoms with van der Waals surface area (Å²) in [4.78, 5) is 0. The monoisotopic (exact) mass is 267 g/mol. The van der Waals surface area contributed by atoms with E-state index in [0.29, 0.717) is 27.9 Å². The molecule has 0 aliphatic carbocycles. The molecule has 0 saturated carbocycles. The number of benzene rings is 1. The second-order valence-electron chi connectivity index (χ2n) is 3.77. The maximum atomic E-state index is 5.98. The molecule has 6 heteroatoms. The minimum absolute atomic E-state index is 0.534. The molecule has 0 amide bonds. The van der Waals surface area contributed by atoms with Crippen molar-refractivity contribution in [2.45, 2.75) is 6.92 Å². The molecule has 0 bridgehead atoms. The number of nitrogens with zero attached hydrogens (tertiary/aromatic N) is 2. The number of ether oxygens (including phenoxy) is 2. The van der Waals surface area contributed by atoms with Crippen molar-refractivity contribution >= 4 is 17.3 Å². The summed E-state index contributed by atoms with van der Waals surface area (Å²) in [6.45, 7) is 1.83. The molecule has 0 spiro atoms. The highest BCUT2D eigenvalue weighted by molar-refractivity contribution is 6.31. The summed E-state index contributed by atoms with van der Waals surface area (Å²) in [6.07, 6.45) is 1.70. The predicted molar refractivity (Wildman–Crippen MR) is 70.8 cm³/mol. The van der Waals surface area contributed by atoms with Crippen LogP contribution >= 0.6 is 11.6 Å². The number of rotatable bonds is 3. The van der Waals surface area contributed by atoms with E-state index in [4.69, 9.17) is 26.8 Å². The largest absolute Gasteiger partial charge is 0.493 e. The SMILES string of the molecule is COc1cc(N)c(-n2cc(Cl)c(C)n2)cc1OC. The van der Waals surface area contributed by atoms with Crippen molar-refractivity contribution in [3.63, 3.8) is 0 Å². The van der Waals surface area contributed by atoms with Gasteiger partial charge in [0.1, 0.15) is 0 Å². The Kier molecular flexibility index (Phi) is 3.34. The molecule has 0 radical (unpaired) electrons. The third-order valence-corrected chi connectivity index (χ3v) is 2.99. The topological polar surface area (TPSA) is 62.3 Å². The number of aryl methyl sites for hydroxylation is 1. The quantitative estimate of drug-likeness (QED) is 0.868. The Labute approximate surface area is 110 Å². The number of methoxy groups -OCH3 is 2. The number of hydrogen-bond acceptors (Lipinski definition) is 4. The zero-order valence-corrected chi connectivity index (χ0v) is 11.2. The number of nitrogens with two attached hydrogens (primary N) is 1. The summed E-state index contributed by atoms with van der Waals surface area (Å²) < 4.78 is 12.0. The minimum Gasteiger partial charge on any atom is -0.493 e. The molecule has 0 aliphatic rings. The molecule has 2 rings (SSSR count). The minimum atomic E-state index is 0.534. The van der Waals surface area contributed by atoms with Crippen molar-refractivity contribution in [1.29, 1.82) is 0 Å². The van der Waals surface area contributed by atoms with Gasteiger partial charge in [-0.05, 0) is 6.92 Å². The first-order chi connectivity index (χ1) is 8.56. The second kappa shape index (κ2) is 4.78. The molecule has 0 saturated heterocycles. The molecule has 2 aromatic rings. The fraction of sp³-hybridized carbons (Fsp3) is 0.250. The molecule has 0 atom stereocenters. The fourth-order valence-electron chi connectivity index (χ4n) is 1.64. The lowest BCUT2D eigenvalue weighted by atomic mass is 10.2. The molecular formula is C12H14ClN3O2. The van der Waals surface area contributed by atoms with Crippen LogP contribution < -0.4 is 15.2 Å². The van der Waals surface area contributed by atoms with Gasteiger partial charge in [0.05, 0.1) is 36.3 Å². The Bertz CT molecular complexity index is 561. The van der Waals surface area contributed by atoms with Crippen molar-refractivity contribution < 1.29 is 9.47 Å². The maximum absolute atomic E-state index is 5.98. The number of nitrogen functional groups attached to an aromatic ring is 1. The van der Waals surface area contributed by atoms with Crippen LogP contribution in [0.25, 0.3) is 5.69 Å². The first-order valence-electron chi connectivity index (χ1n) is 5.30. The van der Waals surface area contributed by atoms with E-state index in [0.717, 1.165) is 5.69 Å². The van der Waals surface area contributed by atoms with Gasteiger partial charge in [0.15, 0.2) is 11.5 Å². The fourth-order valence-corrected chi connectivity index (χ4v) is 1.78. The Morgan fingerprint density at radius 2 is 1.83 bits per heavy atom. The molecule has 1 aromatic carbocycles. The van der Waals surface area contributed by atoms with Gasteiger partial charge in [-0.25, -0.2) is 4.68 Å². The van der Waals surface area contributed by atoms with Gasteiger partial charge >= 0.3 is 0 Å². The molecule has 0 aliphatic heterocycles. The van der Waals surface area contributed by atoms with Crippen molar-refractivity contribution in [2.24, 2.45) is 0 Å². The number of halogens is 1. The Hall–Kier alpha value is -1.88. The van der Waals surface area contributed by atoms with Crippen LogP contribution in [0.5, 0.6) is 11.5 Å². The Morgan fingerprint density at radius 3 is 2.33 bits per heavy atom. The summed E-state index contributed by atoms with van der Waals surface area (Å²) in [6, 6.07) is 3.45. The van der Waals surface area contributed by atoms with Crippen LogP contribution in [0.4, 0.5) is 5.69 Å². The lowest BCUT2D eigenvalue weighted by Gasteiger charge is -2.12. The smallest absolute Gasteiger partial charge is 0.163 e. The zero-order chi connectivity index (χ0) is 13.3. The van der Waals surface area contributed by atoms with Gasteiger partial charge in [0.25, 0.3) is 0 Å². The van der Waals surface area contributed by atoms with E-state index < -0.39 is 0 Å². The normalized spacial score (nSPS) is 10.4. The van der Waals surface area contributed by atoms with E-state index in [9.17, 15) is 0 Å². The predicted octanol–water partition coefficient (Wildman–Crippen LogP) is 2.43. The molecule has 0 unspecified atom stereocenters. The molecule has 1 heterocycles. The van der Waals surface area contributed by atoms with Gasteiger partial charge in [-0.2, -0.15) is 5.10 Å². The van der Waals surface area contributed by atoms with E-state index in [1.54, 1.807) is 37.2 Å². The summed E-state index contributed by atoms with van der Waals surface area (Å²) in [5, 5.41) is 4.87. The van der Waals surface area contributed by atoms with Gasteiger partial charge in [-0.3, -0.25) is 0 Å². The summed E-state index contributed by atoms with van der Waals surface area (Å²) in [7, 11) is 3.13. The van der Waals surface area contributed by atoms with Crippen LogP contribution in [0, 0.1) is 6.92 Å². The molecule has 2 N–H and O–H groups in total.